The average molecular weight is 294 g/mol. The summed E-state index contributed by atoms with van der Waals surface area (Å²) in [4.78, 5) is 16.3. The molecule has 2 aromatic heterocycles. The number of esters is 1. The van der Waals surface area contributed by atoms with Gasteiger partial charge in [0.25, 0.3) is 0 Å². The first-order valence-electron chi connectivity index (χ1n) is 6.64. The second-order valence-corrected chi connectivity index (χ2v) is 5.47. The summed E-state index contributed by atoms with van der Waals surface area (Å²) in [5.74, 6) is 0.988. The third kappa shape index (κ3) is 2.39. The van der Waals surface area contributed by atoms with Crippen LogP contribution in [0, 0.1) is 5.92 Å². The minimum Gasteiger partial charge on any atom is -0.464 e. The number of nitrogens with zero attached hydrogens (tertiary/aromatic N) is 2. The predicted molar refractivity (Wildman–Crippen MR) is 76.2 cm³/mol. The molecule has 0 aliphatic carbocycles. The average Bonchev–Trinajstić information content (AvgIpc) is 3.07. The molecule has 2 aromatic rings. The first-order valence-corrected chi connectivity index (χ1v) is 7.02. The number of carbonyl (C=O) groups excluding carboxylic acids is 1. The Balaban J connectivity index is 2.05. The van der Waals surface area contributed by atoms with Gasteiger partial charge in [-0.05, 0) is 37.6 Å². The van der Waals surface area contributed by atoms with E-state index in [1.165, 1.54) is 7.11 Å². The first kappa shape index (κ1) is 13.4. The molecule has 0 aromatic carbocycles. The zero-order chi connectivity index (χ0) is 14.1. The van der Waals surface area contributed by atoms with Crippen LogP contribution in [0.1, 0.15) is 22.7 Å². The van der Waals surface area contributed by atoms with Gasteiger partial charge in [-0.2, -0.15) is 0 Å². The van der Waals surface area contributed by atoms with Crippen molar-refractivity contribution in [2.24, 2.45) is 5.92 Å². The number of ether oxygens (including phenoxy) is 1. The maximum atomic E-state index is 11.8. The molecule has 0 radical (unpaired) electrons. The number of fused-ring (bicyclic) bond motifs is 1. The van der Waals surface area contributed by atoms with E-state index in [2.05, 4.69) is 10.3 Å². The molecule has 0 bridgehead atoms. The first-order chi connectivity index (χ1) is 9.69. The molecule has 1 unspecified atom stereocenters. The lowest BCUT2D eigenvalue weighted by Gasteiger charge is -2.07. The van der Waals surface area contributed by atoms with E-state index < -0.39 is 5.97 Å². The van der Waals surface area contributed by atoms with Crippen LogP contribution in [0.4, 0.5) is 0 Å². The van der Waals surface area contributed by atoms with Gasteiger partial charge in [0.2, 0.25) is 0 Å². The van der Waals surface area contributed by atoms with E-state index in [1.54, 1.807) is 18.3 Å². The van der Waals surface area contributed by atoms with Crippen LogP contribution in [-0.2, 0) is 11.2 Å². The molecule has 6 heteroatoms. The Kier molecular flexibility index (Phi) is 3.63. The molecule has 0 amide bonds. The lowest BCUT2D eigenvalue weighted by molar-refractivity contribution is 0.0596. The number of halogens is 1. The minimum absolute atomic E-state index is 0.352. The number of hydrogen-bond acceptors (Lipinski definition) is 4. The molecule has 1 atom stereocenters. The highest BCUT2D eigenvalue weighted by atomic mass is 35.5. The van der Waals surface area contributed by atoms with E-state index in [0.29, 0.717) is 16.6 Å². The number of aromatic nitrogens is 2. The Morgan fingerprint density at radius 2 is 2.45 bits per heavy atom. The summed E-state index contributed by atoms with van der Waals surface area (Å²) in [6, 6.07) is 3.56. The summed E-state index contributed by atoms with van der Waals surface area (Å²) >= 11 is 6.05. The van der Waals surface area contributed by atoms with Crippen molar-refractivity contribution in [1.29, 1.82) is 0 Å². The maximum Gasteiger partial charge on any atom is 0.358 e. The van der Waals surface area contributed by atoms with Gasteiger partial charge in [0.05, 0.1) is 17.6 Å². The normalized spacial score (nSPS) is 18.6. The third-order valence-electron chi connectivity index (χ3n) is 3.69. The molecule has 0 saturated carbocycles. The molecular formula is C14H16ClN3O2. The SMILES string of the molecule is COC(=O)c1nc(CC2CCNC2)n2cc(Cl)ccc12. The van der Waals surface area contributed by atoms with E-state index >= 15 is 0 Å². The van der Waals surface area contributed by atoms with Crippen molar-refractivity contribution in [3.8, 4) is 0 Å². The van der Waals surface area contributed by atoms with Crippen molar-refractivity contribution < 1.29 is 9.53 Å². The number of carbonyl (C=O) groups is 1. The van der Waals surface area contributed by atoms with Crippen LogP contribution in [0.3, 0.4) is 0 Å². The summed E-state index contributed by atoms with van der Waals surface area (Å²) < 4.78 is 6.69. The zero-order valence-electron chi connectivity index (χ0n) is 11.2. The van der Waals surface area contributed by atoms with Gasteiger partial charge in [0.1, 0.15) is 5.82 Å². The van der Waals surface area contributed by atoms with Gasteiger partial charge in [0, 0.05) is 12.6 Å². The molecule has 106 valence electrons. The molecular weight excluding hydrogens is 278 g/mol. The van der Waals surface area contributed by atoms with Crippen molar-refractivity contribution in [2.45, 2.75) is 12.8 Å². The monoisotopic (exact) mass is 293 g/mol. The quantitative estimate of drug-likeness (QED) is 0.879. The standard InChI is InChI=1S/C14H16ClN3O2/c1-20-14(19)13-11-3-2-10(15)8-18(11)12(17-13)6-9-4-5-16-7-9/h2-3,8-9,16H,4-7H2,1H3. The Morgan fingerprint density at radius 1 is 1.60 bits per heavy atom. The van der Waals surface area contributed by atoms with Crippen LogP contribution in [-0.4, -0.2) is 35.6 Å². The van der Waals surface area contributed by atoms with Gasteiger partial charge in [-0.3, -0.25) is 0 Å². The van der Waals surface area contributed by atoms with Crippen LogP contribution in [0.15, 0.2) is 18.3 Å². The van der Waals surface area contributed by atoms with Gasteiger partial charge in [-0.1, -0.05) is 11.6 Å². The number of methoxy groups -OCH3 is 1. The van der Waals surface area contributed by atoms with E-state index in [0.717, 1.165) is 37.3 Å². The predicted octanol–water partition coefficient (Wildman–Crippen LogP) is 1.93. The second-order valence-electron chi connectivity index (χ2n) is 5.03. The molecule has 0 spiro atoms. The number of nitrogens with one attached hydrogen (secondary N) is 1. The fourth-order valence-corrected chi connectivity index (χ4v) is 2.82. The van der Waals surface area contributed by atoms with Crippen LogP contribution in [0.25, 0.3) is 5.52 Å². The van der Waals surface area contributed by atoms with Crippen LogP contribution < -0.4 is 5.32 Å². The van der Waals surface area contributed by atoms with Gasteiger partial charge in [-0.25, -0.2) is 9.78 Å². The molecule has 3 heterocycles. The molecule has 1 aliphatic heterocycles. The molecule has 5 nitrogen and oxygen atoms in total. The lowest BCUT2D eigenvalue weighted by atomic mass is 10.1. The fraction of sp³-hybridized carbons (Fsp3) is 0.429. The summed E-state index contributed by atoms with van der Waals surface area (Å²) in [5, 5.41) is 3.96. The van der Waals surface area contributed by atoms with E-state index in [1.807, 2.05) is 4.40 Å². The highest BCUT2D eigenvalue weighted by Crippen LogP contribution is 2.21. The number of pyridine rings is 1. The largest absolute Gasteiger partial charge is 0.464 e. The van der Waals surface area contributed by atoms with Crippen molar-refractivity contribution >= 4 is 23.1 Å². The summed E-state index contributed by atoms with van der Waals surface area (Å²) in [5.41, 5.74) is 1.09. The number of hydrogen-bond donors (Lipinski definition) is 1. The Bertz CT molecular complexity index is 647. The van der Waals surface area contributed by atoms with Gasteiger partial charge >= 0.3 is 5.97 Å². The van der Waals surface area contributed by atoms with E-state index in [-0.39, 0.29) is 0 Å². The van der Waals surface area contributed by atoms with E-state index in [9.17, 15) is 4.79 Å². The molecule has 1 aliphatic rings. The lowest BCUT2D eigenvalue weighted by Crippen LogP contribution is -2.12. The number of rotatable bonds is 3. The fourth-order valence-electron chi connectivity index (χ4n) is 2.66. The Labute approximate surface area is 121 Å². The topological polar surface area (TPSA) is 55.6 Å². The summed E-state index contributed by atoms with van der Waals surface area (Å²) in [6.45, 7) is 2.03. The zero-order valence-corrected chi connectivity index (χ0v) is 12.0. The molecule has 1 N–H and O–H groups in total. The second kappa shape index (κ2) is 5.42. The van der Waals surface area contributed by atoms with Gasteiger partial charge in [-0.15, -0.1) is 0 Å². The minimum atomic E-state index is -0.416. The smallest absolute Gasteiger partial charge is 0.358 e. The van der Waals surface area contributed by atoms with Crippen molar-refractivity contribution in [2.75, 3.05) is 20.2 Å². The molecule has 1 fully saturated rings. The van der Waals surface area contributed by atoms with Crippen LogP contribution >= 0.6 is 11.6 Å². The van der Waals surface area contributed by atoms with Crippen molar-refractivity contribution in [1.82, 2.24) is 14.7 Å². The highest BCUT2D eigenvalue weighted by molar-refractivity contribution is 6.30. The molecule has 3 rings (SSSR count). The Hall–Kier alpha value is -1.59. The maximum absolute atomic E-state index is 11.8. The Morgan fingerprint density at radius 3 is 3.15 bits per heavy atom. The van der Waals surface area contributed by atoms with E-state index in [4.69, 9.17) is 16.3 Å². The third-order valence-corrected chi connectivity index (χ3v) is 3.91. The van der Waals surface area contributed by atoms with Gasteiger partial charge in [0.15, 0.2) is 5.69 Å². The highest BCUT2D eigenvalue weighted by Gasteiger charge is 2.22. The van der Waals surface area contributed by atoms with Gasteiger partial charge < -0.3 is 14.5 Å². The molecule has 20 heavy (non-hydrogen) atoms. The molecule has 1 saturated heterocycles. The number of imidazole rings is 1. The summed E-state index contributed by atoms with van der Waals surface area (Å²) in [6.07, 6.45) is 3.75. The van der Waals surface area contributed by atoms with Crippen molar-refractivity contribution in [3.05, 3.63) is 34.9 Å². The van der Waals surface area contributed by atoms with Crippen LogP contribution in [0.2, 0.25) is 5.02 Å². The summed E-state index contributed by atoms with van der Waals surface area (Å²) in [7, 11) is 1.37. The van der Waals surface area contributed by atoms with Crippen LogP contribution in [0.5, 0.6) is 0 Å². The van der Waals surface area contributed by atoms with Crippen molar-refractivity contribution in [3.63, 3.8) is 0 Å².